The van der Waals surface area contributed by atoms with Gasteiger partial charge in [-0.2, -0.15) is 0 Å². The predicted octanol–water partition coefficient (Wildman–Crippen LogP) is 3.75. The summed E-state index contributed by atoms with van der Waals surface area (Å²) in [6.45, 7) is 1.86. The van der Waals surface area contributed by atoms with Gasteiger partial charge in [0.15, 0.2) is 0 Å². The van der Waals surface area contributed by atoms with E-state index in [9.17, 15) is 14.9 Å². The zero-order valence-electron chi connectivity index (χ0n) is 12.6. The average molecular weight is 316 g/mol. The fourth-order valence-corrected chi connectivity index (χ4v) is 2.98. The molecular weight excluding hydrogens is 300 g/mol. The predicted molar refractivity (Wildman–Crippen MR) is 88.1 cm³/mol. The maximum absolute atomic E-state index is 12.8. The number of allylic oxidation sites excluding steroid dienone is 1. The van der Waals surface area contributed by atoms with E-state index in [4.69, 9.17) is 0 Å². The molecule has 0 saturated carbocycles. The van der Waals surface area contributed by atoms with E-state index in [1.54, 1.807) is 43.4 Å². The number of ketones is 1. The highest BCUT2D eigenvalue weighted by molar-refractivity contribution is 7.12. The summed E-state index contributed by atoms with van der Waals surface area (Å²) in [6, 6.07) is 8.17. The Labute approximate surface area is 132 Å². The minimum absolute atomic E-state index is 0.0711. The number of nitrogens with zero attached hydrogens (tertiary/aromatic N) is 2. The molecule has 5 nitrogen and oxygen atoms in total. The largest absolute Gasteiger partial charge is 0.383 e. The van der Waals surface area contributed by atoms with Crippen LogP contribution < -0.4 is 0 Å². The number of thiophene rings is 1. The lowest BCUT2D eigenvalue weighted by molar-refractivity contribution is -0.385. The zero-order valence-corrected chi connectivity index (χ0v) is 13.4. The summed E-state index contributed by atoms with van der Waals surface area (Å²) < 4.78 is 0. The van der Waals surface area contributed by atoms with E-state index in [-0.39, 0.29) is 11.5 Å². The molecule has 114 valence electrons. The molecule has 2 aromatic rings. The molecule has 1 aromatic carbocycles. The van der Waals surface area contributed by atoms with E-state index >= 15 is 0 Å². The van der Waals surface area contributed by atoms with Crippen molar-refractivity contribution in [2.24, 2.45) is 0 Å². The van der Waals surface area contributed by atoms with Gasteiger partial charge in [-0.3, -0.25) is 14.9 Å². The number of nitro groups is 1. The molecule has 0 spiro atoms. The summed E-state index contributed by atoms with van der Waals surface area (Å²) in [5.41, 5.74) is 1.46. The SMILES string of the molecule is Cc1ccsc1C(=O)/C(=C/N(C)C)c1ccccc1[N+](=O)[O-]. The van der Waals surface area contributed by atoms with Gasteiger partial charge in [-0.05, 0) is 30.0 Å². The van der Waals surface area contributed by atoms with Gasteiger partial charge < -0.3 is 4.90 Å². The van der Waals surface area contributed by atoms with Crippen LogP contribution in [-0.4, -0.2) is 29.7 Å². The highest BCUT2D eigenvalue weighted by atomic mass is 32.1. The summed E-state index contributed by atoms with van der Waals surface area (Å²) in [7, 11) is 3.56. The van der Waals surface area contributed by atoms with Gasteiger partial charge in [0.2, 0.25) is 5.78 Å². The van der Waals surface area contributed by atoms with Gasteiger partial charge >= 0.3 is 0 Å². The molecular formula is C16H16N2O3S. The molecule has 0 radical (unpaired) electrons. The second-order valence-corrected chi connectivity index (χ2v) is 5.96. The molecule has 1 aromatic heterocycles. The van der Waals surface area contributed by atoms with Crippen LogP contribution >= 0.6 is 11.3 Å². The van der Waals surface area contributed by atoms with E-state index in [0.717, 1.165) is 5.56 Å². The summed E-state index contributed by atoms with van der Waals surface area (Å²) in [5, 5.41) is 13.1. The zero-order chi connectivity index (χ0) is 16.3. The van der Waals surface area contributed by atoms with Gasteiger partial charge in [-0.1, -0.05) is 12.1 Å². The molecule has 0 bridgehead atoms. The molecule has 0 aliphatic rings. The molecule has 6 heteroatoms. The second-order valence-electron chi connectivity index (χ2n) is 5.04. The first-order valence-corrected chi connectivity index (χ1v) is 7.50. The van der Waals surface area contributed by atoms with E-state index in [2.05, 4.69) is 0 Å². The molecule has 0 amide bonds. The first-order chi connectivity index (χ1) is 10.4. The summed E-state index contributed by atoms with van der Waals surface area (Å²) in [5.74, 6) is -0.199. The third kappa shape index (κ3) is 3.23. The number of carbonyl (C=O) groups excluding carboxylic acids is 1. The van der Waals surface area contributed by atoms with Gasteiger partial charge in [-0.15, -0.1) is 11.3 Å². The summed E-state index contributed by atoms with van der Waals surface area (Å²) >= 11 is 1.34. The van der Waals surface area contributed by atoms with Crippen molar-refractivity contribution in [1.82, 2.24) is 4.90 Å². The monoisotopic (exact) mass is 316 g/mol. The number of nitro benzene ring substituents is 1. The van der Waals surface area contributed by atoms with Crippen molar-refractivity contribution in [3.05, 3.63) is 68.0 Å². The number of aryl methyl sites for hydroxylation is 1. The number of para-hydroxylation sites is 1. The van der Waals surface area contributed by atoms with E-state index in [1.807, 2.05) is 18.4 Å². The highest BCUT2D eigenvalue weighted by Gasteiger charge is 2.24. The Bertz CT molecular complexity index is 747. The minimum atomic E-state index is -0.465. The van der Waals surface area contributed by atoms with Crippen molar-refractivity contribution < 1.29 is 9.72 Å². The molecule has 0 unspecified atom stereocenters. The lowest BCUT2D eigenvalue weighted by Gasteiger charge is -2.12. The van der Waals surface area contributed by atoms with Crippen LogP contribution in [0.1, 0.15) is 20.8 Å². The first-order valence-electron chi connectivity index (χ1n) is 6.62. The number of benzene rings is 1. The Morgan fingerprint density at radius 3 is 2.50 bits per heavy atom. The van der Waals surface area contributed by atoms with Crippen LogP contribution in [0.4, 0.5) is 5.69 Å². The maximum Gasteiger partial charge on any atom is 0.277 e. The van der Waals surface area contributed by atoms with Gasteiger partial charge in [0.25, 0.3) is 5.69 Å². The Kier molecular flexibility index (Phi) is 4.72. The summed E-state index contributed by atoms with van der Waals surface area (Å²) in [6.07, 6.45) is 1.63. The van der Waals surface area contributed by atoms with E-state index in [1.165, 1.54) is 17.4 Å². The van der Waals surface area contributed by atoms with Crippen molar-refractivity contribution in [2.45, 2.75) is 6.92 Å². The van der Waals surface area contributed by atoms with Crippen LogP contribution in [0.5, 0.6) is 0 Å². The van der Waals surface area contributed by atoms with Crippen molar-refractivity contribution in [1.29, 1.82) is 0 Å². The van der Waals surface area contributed by atoms with Crippen LogP contribution in [0.15, 0.2) is 41.9 Å². The molecule has 1 heterocycles. The normalized spacial score (nSPS) is 11.3. The van der Waals surface area contributed by atoms with Crippen LogP contribution in [-0.2, 0) is 0 Å². The van der Waals surface area contributed by atoms with Crippen LogP contribution in [0, 0.1) is 17.0 Å². The highest BCUT2D eigenvalue weighted by Crippen LogP contribution is 2.31. The standard InChI is InChI=1S/C16H16N2O3S/c1-11-8-9-22-16(11)15(19)13(10-17(2)3)12-6-4-5-7-14(12)18(20)21/h4-10H,1-3H3/b13-10+. The van der Waals surface area contributed by atoms with Crippen LogP contribution in [0.3, 0.4) is 0 Å². The molecule has 0 saturated heterocycles. The van der Waals surface area contributed by atoms with E-state index < -0.39 is 4.92 Å². The minimum Gasteiger partial charge on any atom is -0.383 e. The fraction of sp³-hybridized carbons (Fsp3) is 0.188. The van der Waals surface area contributed by atoms with Crippen LogP contribution in [0.2, 0.25) is 0 Å². The van der Waals surface area contributed by atoms with Crippen molar-refractivity contribution in [2.75, 3.05) is 14.1 Å². The Morgan fingerprint density at radius 2 is 1.95 bits per heavy atom. The molecule has 22 heavy (non-hydrogen) atoms. The van der Waals surface area contributed by atoms with Gasteiger partial charge in [0.05, 0.1) is 20.9 Å². The first kappa shape index (κ1) is 15.9. The van der Waals surface area contributed by atoms with Crippen molar-refractivity contribution in [3.8, 4) is 0 Å². The molecule has 0 N–H and O–H groups in total. The topological polar surface area (TPSA) is 63.5 Å². The third-order valence-electron chi connectivity index (χ3n) is 3.09. The fourth-order valence-electron chi connectivity index (χ4n) is 2.10. The van der Waals surface area contributed by atoms with Crippen molar-refractivity contribution in [3.63, 3.8) is 0 Å². The van der Waals surface area contributed by atoms with Crippen molar-refractivity contribution >= 4 is 28.4 Å². The lowest BCUT2D eigenvalue weighted by atomic mass is 9.98. The molecule has 2 rings (SSSR count). The number of carbonyl (C=O) groups is 1. The quantitative estimate of drug-likeness (QED) is 0.365. The molecule has 0 aliphatic heterocycles. The average Bonchev–Trinajstić information content (AvgIpc) is 2.90. The summed E-state index contributed by atoms with van der Waals surface area (Å²) in [4.78, 5) is 25.9. The van der Waals surface area contributed by atoms with E-state index in [0.29, 0.717) is 16.0 Å². The van der Waals surface area contributed by atoms with Gasteiger partial charge in [0, 0.05) is 26.4 Å². The smallest absolute Gasteiger partial charge is 0.277 e. The number of hydrogen-bond acceptors (Lipinski definition) is 5. The lowest BCUT2D eigenvalue weighted by Crippen LogP contribution is -2.10. The van der Waals surface area contributed by atoms with Crippen LogP contribution in [0.25, 0.3) is 5.57 Å². The second kappa shape index (κ2) is 6.53. The Hall–Kier alpha value is -2.47. The molecule has 0 fully saturated rings. The third-order valence-corrected chi connectivity index (χ3v) is 4.11. The number of hydrogen-bond donors (Lipinski definition) is 0. The van der Waals surface area contributed by atoms with Gasteiger partial charge in [0.1, 0.15) is 0 Å². The molecule has 0 aliphatic carbocycles. The number of rotatable bonds is 5. The molecule has 0 atom stereocenters. The maximum atomic E-state index is 12.8. The Balaban J connectivity index is 2.61. The number of Topliss-reactive ketones (excluding diaryl/α,β-unsaturated/α-hetero) is 1. The van der Waals surface area contributed by atoms with Gasteiger partial charge in [-0.25, -0.2) is 0 Å². The Morgan fingerprint density at radius 1 is 1.27 bits per heavy atom.